The van der Waals surface area contributed by atoms with Crippen LogP contribution in [0.5, 0.6) is 5.75 Å². The Morgan fingerprint density at radius 1 is 1.24 bits per heavy atom. The predicted octanol–water partition coefficient (Wildman–Crippen LogP) is 3.53. The van der Waals surface area contributed by atoms with Crippen molar-refractivity contribution in [3.05, 3.63) is 46.3 Å². The van der Waals surface area contributed by atoms with Crippen molar-refractivity contribution in [3.8, 4) is 5.75 Å². The Bertz CT molecular complexity index is 647. The van der Waals surface area contributed by atoms with Crippen LogP contribution in [0.3, 0.4) is 0 Å². The smallest absolute Gasteiger partial charge is 0.135 e. The lowest BCUT2D eigenvalue weighted by Crippen LogP contribution is -2.24. The third-order valence-electron chi connectivity index (χ3n) is 3.88. The van der Waals surface area contributed by atoms with E-state index in [0.29, 0.717) is 5.92 Å². The molecule has 1 N–H and O–H groups in total. The van der Waals surface area contributed by atoms with E-state index in [9.17, 15) is 0 Å². The molecule has 2 aromatic rings. The molecule has 5 heteroatoms. The van der Waals surface area contributed by atoms with Crippen molar-refractivity contribution in [2.45, 2.75) is 31.3 Å². The standard InChI is InChI=1S/C16H16BrN3O/c17-14-8-15(20-16(19-14)10-5-6-10)18-9-12-7-11-3-1-2-4-13(11)21-12/h1-4,8,10,12H,5-7,9H2,(H,18,19,20). The van der Waals surface area contributed by atoms with E-state index in [1.165, 1.54) is 18.4 Å². The third-order valence-corrected chi connectivity index (χ3v) is 4.29. The average Bonchev–Trinajstić information content (AvgIpc) is 3.24. The molecular weight excluding hydrogens is 330 g/mol. The highest BCUT2D eigenvalue weighted by molar-refractivity contribution is 9.10. The van der Waals surface area contributed by atoms with Crippen LogP contribution in [0.15, 0.2) is 34.9 Å². The number of hydrogen-bond donors (Lipinski definition) is 1. The van der Waals surface area contributed by atoms with Gasteiger partial charge < -0.3 is 10.1 Å². The number of nitrogens with one attached hydrogen (secondary N) is 1. The first kappa shape index (κ1) is 13.1. The summed E-state index contributed by atoms with van der Waals surface area (Å²) >= 11 is 3.46. The normalized spacial score (nSPS) is 20.0. The molecular formula is C16H16BrN3O. The molecule has 21 heavy (non-hydrogen) atoms. The maximum absolute atomic E-state index is 5.93. The molecule has 0 bridgehead atoms. The predicted molar refractivity (Wildman–Crippen MR) is 84.8 cm³/mol. The minimum atomic E-state index is 0.167. The van der Waals surface area contributed by atoms with Gasteiger partial charge in [0.05, 0.1) is 6.54 Å². The number of aromatic nitrogens is 2. The van der Waals surface area contributed by atoms with Crippen LogP contribution >= 0.6 is 15.9 Å². The molecule has 1 aliphatic carbocycles. The van der Waals surface area contributed by atoms with Gasteiger partial charge in [0, 0.05) is 18.4 Å². The fourth-order valence-corrected chi connectivity index (χ4v) is 3.03. The van der Waals surface area contributed by atoms with Gasteiger partial charge in [-0.1, -0.05) is 18.2 Å². The number of fused-ring (bicyclic) bond motifs is 1. The van der Waals surface area contributed by atoms with E-state index in [4.69, 9.17) is 4.74 Å². The number of nitrogens with zero attached hydrogens (tertiary/aromatic N) is 2. The first-order valence-electron chi connectivity index (χ1n) is 7.31. The van der Waals surface area contributed by atoms with Crippen molar-refractivity contribution >= 4 is 21.7 Å². The molecule has 108 valence electrons. The van der Waals surface area contributed by atoms with Crippen molar-refractivity contribution in [1.82, 2.24) is 9.97 Å². The van der Waals surface area contributed by atoms with Crippen molar-refractivity contribution < 1.29 is 4.74 Å². The summed E-state index contributed by atoms with van der Waals surface area (Å²) in [5.41, 5.74) is 1.28. The van der Waals surface area contributed by atoms with E-state index in [1.807, 2.05) is 18.2 Å². The molecule has 4 nitrogen and oxygen atoms in total. The second kappa shape index (κ2) is 5.30. The molecule has 1 aromatic carbocycles. The Hall–Kier alpha value is -1.62. The van der Waals surface area contributed by atoms with Gasteiger partial charge in [-0.25, -0.2) is 9.97 Å². The van der Waals surface area contributed by atoms with Gasteiger partial charge in [0.1, 0.15) is 28.1 Å². The van der Waals surface area contributed by atoms with Crippen LogP contribution in [0.4, 0.5) is 5.82 Å². The summed E-state index contributed by atoms with van der Waals surface area (Å²) in [6.07, 6.45) is 3.53. The summed E-state index contributed by atoms with van der Waals surface area (Å²) in [4.78, 5) is 9.04. The van der Waals surface area contributed by atoms with Crippen LogP contribution in [0.1, 0.15) is 30.1 Å². The van der Waals surface area contributed by atoms with Gasteiger partial charge in [0.25, 0.3) is 0 Å². The summed E-state index contributed by atoms with van der Waals surface area (Å²) in [5, 5.41) is 3.38. The minimum Gasteiger partial charge on any atom is -0.488 e. The number of halogens is 1. The molecule has 4 rings (SSSR count). The molecule has 1 aliphatic heterocycles. The molecule has 0 saturated heterocycles. The molecule has 1 saturated carbocycles. The van der Waals surface area contributed by atoms with Crippen LogP contribution in [-0.2, 0) is 6.42 Å². The molecule has 2 heterocycles. The van der Waals surface area contributed by atoms with Crippen LogP contribution < -0.4 is 10.1 Å². The second-order valence-corrected chi connectivity index (χ2v) is 6.45. The molecule has 1 unspecified atom stereocenters. The fourth-order valence-electron chi connectivity index (χ4n) is 2.64. The Balaban J connectivity index is 1.41. The lowest BCUT2D eigenvalue weighted by molar-refractivity contribution is 0.246. The first-order valence-corrected chi connectivity index (χ1v) is 8.10. The molecule has 1 fully saturated rings. The molecule has 1 atom stereocenters. The number of benzene rings is 1. The molecule has 1 aromatic heterocycles. The van der Waals surface area contributed by atoms with Crippen molar-refractivity contribution in [1.29, 1.82) is 0 Å². The van der Waals surface area contributed by atoms with E-state index in [0.717, 1.165) is 35.0 Å². The molecule has 0 spiro atoms. The summed E-state index contributed by atoms with van der Waals surface area (Å²) < 4.78 is 6.78. The van der Waals surface area contributed by atoms with E-state index in [-0.39, 0.29) is 6.10 Å². The van der Waals surface area contributed by atoms with Crippen molar-refractivity contribution in [2.75, 3.05) is 11.9 Å². The van der Waals surface area contributed by atoms with Crippen LogP contribution in [0.25, 0.3) is 0 Å². The Morgan fingerprint density at radius 2 is 2.10 bits per heavy atom. The highest BCUT2D eigenvalue weighted by Gasteiger charge is 2.27. The van der Waals surface area contributed by atoms with Gasteiger partial charge in [-0.05, 0) is 40.4 Å². The van der Waals surface area contributed by atoms with E-state index in [1.54, 1.807) is 0 Å². The van der Waals surface area contributed by atoms with Crippen molar-refractivity contribution in [3.63, 3.8) is 0 Å². The molecule has 0 radical (unpaired) electrons. The topological polar surface area (TPSA) is 47.0 Å². The number of rotatable bonds is 4. The zero-order valence-electron chi connectivity index (χ0n) is 11.6. The Kier molecular flexibility index (Phi) is 3.30. The van der Waals surface area contributed by atoms with Crippen LogP contribution in [0.2, 0.25) is 0 Å². The largest absolute Gasteiger partial charge is 0.488 e. The SMILES string of the molecule is Brc1cc(NCC2Cc3ccccc3O2)nc(C2CC2)n1. The van der Waals surface area contributed by atoms with Crippen LogP contribution in [-0.4, -0.2) is 22.6 Å². The van der Waals surface area contributed by atoms with E-state index in [2.05, 4.69) is 43.3 Å². The lowest BCUT2D eigenvalue weighted by Gasteiger charge is -2.13. The molecule has 0 amide bonds. The summed E-state index contributed by atoms with van der Waals surface area (Å²) in [5.74, 6) is 3.38. The van der Waals surface area contributed by atoms with Crippen LogP contribution in [0, 0.1) is 0 Å². The van der Waals surface area contributed by atoms with Gasteiger partial charge in [-0.15, -0.1) is 0 Å². The molecule has 2 aliphatic rings. The second-order valence-electron chi connectivity index (χ2n) is 5.64. The Morgan fingerprint density at radius 3 is 2.90 bits per heavy atom. The summed E-state index contributed by atoms with van der Waals surface area (Å²) in [7, 11) is 0. The number of para-hydroxylation sites is 1. The third kappa shape index (κ3) is 2.88. The number of ether oxygens (including phenoxy) is 1. The summed E-state index contributed by atoms with van der Waals surface area (Å²) in [6, 6.07) is 10.1. The summed E-state index contributed by atoms with van der Waals surface area (Å²) in [6.45, 7) is 0.752. The highest BCUT2D eigenvalue weighted by Crippen LogP contribution is 2.38. The average molecular weight is 346 g/mol. The maximum atomic E-state index is 5.93. The lowest BCUT2D eigenvalue weighted by atomic mass is 10.1. The first-order chi connectivity index (χ1) is 10.3. The zero-order valence-corrected chi connectivity index (χ0v) is 13.1. The zero-order chi connectivity index (χ0) is 14.2. The van der Waals surface area contributed by atoms with E-state index < -0.39 is 0 Å². The minimum absolute atomic E-state index is 0.167. The van der Waals surface area contributed by atoms with Gasteiger partial charge >= 0.3 is 0 Å². The van der Waals surface area contributed by atoms with Gasteiger partial charge in [-0.3, -0.25) is 0 Å². The number of hydrogen-bond acceptors (Lipinski definition) is 4. The van der Waals surface area contributed by atoms with Gasteiger partial charge in [0.15, 0.2) is 0 Å². The van der Waals surface area contributed by atoms with Crippen molar-refractivity contribution in [2.24, 2.45) is 0 Å². The van der Waals surface area contributed by atoms with Gasteiger partial charge in [0.2, 0.25) is 0 Å². The highest BCUT2D eigenvalue weighted by atomic mass is 79.9. The maximum Gasteiger partial charge on any atom is 0.135 e. The quantitative estimate of drug-likeness (QED) is 0.861. The Labute approximate surface area is 132 Å². The fraction of sp³-hybridized carbons (Fsp3) is 0.375. The van der Waals surface area contributed by atoms with Gasteiger partial charge in [-0.2, -0.15) is 0 Å². The number of anilines is 1. The monoisotopic (exact) mass is 345 g/mol. The van der Waals surface area contributed by atoms with E-state index >= 15 is 0 Å².